The normalized spacial score (nSPS) is 35.5. The van der Waals surface area contributed by atoms with Crippen LogP contribution in [-0.2, 0) is 18.4 Å². The fourth-order valence-corrected chi connectivity index (χ4v) is 12.1. The summed E-state index contributed by atoms with van der Waals surface area (Å²) in [5.74, 6) is 0. The Labute approximate surface area is 163 Å². The summed E-state index contributed by atoms with van der Waals surface area (Å²) >= 11 is 0. The van der Waals surface area contributed by atoms with E-state index >= 15 is 16.8 Å². The maximum atomic E-state index is 15.3. The minimum atomic E-state index is -4.91. The lowest BCUT2D eigenvalue weighted by atomic mass is 10.5. The van der Waals surface area contributed by atoms with E-state index in [-0.39, 0.29) is 26.2 Å². The van der Waals surface area contributed by atoms with Gasteiger partial charge in [0.2, 0.25) is 0 Å². The second-order valence-corrected chi connectivity index (χ2v) is 13.8. The average Bonchev–Trinajstić information content (AvgIpc) is 2.60. The van der Waals surface area contributed by atoms with Crippen molar-refractivity contribution in [2.24, 2.45) is 18.1 Å². The second kappa shape index (κ2) is 11.5. The number of halogens is 4. The molecule has 0 aromatic carbocycles. The lowest BCUT2D eigenvalue weighted by Gasteiger charge is -2.23. The van der Waals surface area contributed by atoms with E-state index in [2.05, 4.69) is 18.1 Å². The Morgan fingerprint density at radius 2 is 1.11 bits per heavy atom. The van der Waals surface area contributed by atoms with Crippen molar-refractivity contribution >= 4 is 37.0 Å². The lowest BCUT2D eigenvalue weighted by Crippen LogP contribution is -1.94. The molecule has 0 aromatic rings. The molecule has 0 radical (unpaired) electrons. The number of nitrogens with zero attached hydrogens (tertiary/aromatic N) is 4. The third kappa shape index (κ3) is 8.51. The third-order valence-corrected chi connectivity index (χ3v) is 12.7. The first-order valence-corrected chi connectivity index (χ1v) is 15.1. The maximum Gasteiger partial charge on any atom is 0.387 e. The predicted octanol–water partition coefficient (Wildman–Crippen LogP) is 8.62. The molecule has 16 heteroatoms. The van der Waals surface area contributed by atoms with Gasteiger partial charge in [-0.15, -0.1) is 9.03 Å². The fraction of sp³-hybridized carbons (Fsp3) is 0.917. The smallest absolute Gasteiger partial charge is 0.303 e. The van der Waals surface area contributed by atoms with Crippen molar-refractivity contribution in [2.45, 2.75) is 46.5 Å². The molecule has 166 valence electrons. The maximum absolute atomic E-state index is 15.3. The van der Waals surface area contributed by atoms with Crippen LogP contribution in [0.4, 0.5) is 16.8 Å². The summed E-state index contributed by atoms with van der Waals surface area (Å²) in [6.07, 6.45) is 0.283. The zero-order valence-corrected chi connectivity index (χ0v) is 19.5. The molecule has 0 aromatic heterocycles. The topological polar surface area (TPSA) is 94.2 Å². The van der Waals surface area contributed by atoms with Gasteiger partial charge in [-0.25, -0.2) is 0 Å². The minimum Gasteiger partial charge on any atom is -0.303 e. The molecule has 1 aliphatic rings. The number of carbonyl (C=O) groups excluding carboxylic acids is 1. The highest BCUT2D eigenvalue weighted by molar-refractivity contribution is 7.79. The third-order valence-electron chi connectivity index (χ3n) is 2.85. The molecular formula is C12H26F4N4O4P4. The fourth-order valence-electron chi connectivity index (χ4n) is 1.77. The Morgan fingerprint density at radius 3 is 1.50 bits per heavy atom. The second-order valence-electron chi connectivity index (χ2n) is 5.60. The first kappa shape index (κ1) is 26.2. The van der Waals surface area contributed by atoms with Crippen LogP contribution in [0.15, 0.2) is 18.1 Å². The van der Waals surface area contributed by atoms with Crippen molar-refractivity contribution in [2.75, 3.05) is 26.0 Å². The van der Waals surface area contributed by atoms with E-state index in [1.165, 1.54) is 0 Å². The summed E-state index contributed by atoms with van der Waals surface area (Å²) in [6, 6.07) is 0. The monoisotopic (exact) mass is 490 g/mol. The van der Waals surface area contributed by atoms with Crippen molar-refractivity contribution in [3.63, 3.8) is 0 Å². The molecule has 1 rings (SSSR count). The summed E-state index contributed by atoms with van der Waals surface area (Å²) in [6.45, 7) is 4.29. The first-order chi connectivity index (χ1) is 13.1. The minimum absolute atomic E-state index is 0.221. The highest BCUT2D eigenvalue weighted by Crippen LogP contribution is 2.81. The number of carbonyl (C=O) groups is 1. The molecule has 4 unspecified atom stereocenters. The molecule has 0 saturated heterocycles. The van der Waals surface area contributed by atoms with Gasteiger partial charge < -0.3 is 18.4 Å². The van der Waals surface area contributed by atoms with E-state index in [4.69, 9.17) is 13.6 Å². The standard InChI is InChI=1S/C12H26F4N4O4P4/c1-4-9-22-26(14)17-25(13,12-7-8-21)18-27(15,23-10-5-2)20-28(16,19-26)24-11-6-3/h8H,4-7,9-12H2,1-3H3. The molecule has 0 fully saturated rings. The van der Waals surface area contributed by atoms with Crippen LogP contribution >= 0.6 is 30.7 Å². The van der Waals surface area contributed by atoms with Crippen LogP contribution in [-0.4, -0.2) is 32.3 Å². The summed E-state index contributed by atoms with van der Waals surface area (Å²) in [5.41, 5.74) is 0. The van der Waals surface area contributed by atoms with Gasteiger partial charge in [0, 0.05) is 12.6 Å². The Hall–Kier alpha value is 0.190. The average molecular weight is 490 g/mol. The molecule has 0 aliphatic carbocycles. The van der Waals surface area contributed by atoms with Gasteiger partial charge in [-0.05, 0) is 19.3 Å². The highest BCUT2D eigenvalue weighted by Gasteiger charge is 2.40. The van der Waals surface area contributed by atoms with E-state index < -0.39 is 36.9 Å². The molecule has 0 bridgehead atoms. The molecule has 1 aliphatic heterocycles. The van der Waals surface area contributed by atoms with Crippen molar-refractivity contribution in [3.8, 4) is 0 Å². The van der Waals surface area contributed by atoms with E-state index in [0.29, 0.717) is 25.5 Å². The predicted molar refractivity (Wildman–Crippen MR) is 106 cm³/mol. The van der Waals surface area contributed by atoms with E-state index in [1.807, 2.05) is 0 Å². The van der Waals surface area contributed by atoms with Crippen LogP contribution in [0.2, 0.25) is 0 Å². The van der Waals surface area contributed by atoms with Crippen molar-refractivity contribution in [1.29, 1.82) is 0 Å². The number of hydrogen-bond acceptors (Lipinski definition) is 8. The van der Waals surface area contributed by atoms with Crippen LogP contribution in [0.3, 0.4) is 0 Å². The van der Waals surface area contributed by atoms with Gasteiger partial charge in [-0.3, -0.25) is 0 Å². The zero-order chi connectivity index (χ0) is 21.3. The number of rotatable bonds is 12. The summed E-state index contributed by atoms with van der Waals surface area (Å²) in [4.78, 5) is 10.6. The number of aldehydes is 1. The molecule has 28 heavy (non-hydrogen) atoms. The van der Waals surface area contributed by atoms with Crippen LogP contribution < -0.4 is 0 Å². The molecule has 8 nitrogen and oxygen atoms in total. The highest BCUT2D eigenvalue weighted by atomic mass is 31.3. The molecule has 0 amide bonds. The SMILES string of the molecule is CCCOP1(F)=NP(F)(CCC=O)=NP(F)(OCCC)=NP(F)(OCCC)=N1. The Morgan fingerprint density at radius 1 is 0.714 bits per heavy atom. The molecule has 4 atom stereocenters. The van der Waals surface area contributed by atoms with Gasteiger partial charge in [0.05, 0.1) is 19.8 Å². The van der Waals surface area contributed by atoms with Gasteiger partial charge >= 0.3 is 23.2 Å². The van der Waals surface area contributed by atoms with Crippen LogP contribution in [0.25, 0.3) is 0 Å². The van der Waals surface area contributed by atoms with Crippen molar-refractivity contribution in [1.82, 2.24) is 0 Å². The quantitative estimate of drug-likeness (QED) is 0.155. The zero-order valence-electron chi connectivity index (χ0n) is 16.0. The summed E-state index contributed by atoms with van der Waals surface area (Å²) in [7, 11) is -19.3. The molecule has 0 spiro atoms. The lowest BCUT2D eigenvalue weighted by molar-refractivity contribution is -0.107. The van der Waals surface area contributed by atoms with E-state index in [9.17, 15) is 4.79 Å². The van der Waals surface area contributed by atoms with Gasteiger partial charge in [0.25, 0.3) is 7.52 Å². The van der Waals surface area contributed by atoms with Crippen LogP contribution in [0, 0.1) is 0 Å². The molecule has 0 N–H and O–H groups in total. The Kier molecular flexibility index (Phi) is 10.8. The molecular weight excluding hydrogens is 464 g/mol. The Bertz CT molecular complexity index is 756. The molecule has 1 heterocycles. The van der Waals surface area contributed by atoms with Gasteiger partial charge in [0.1, 0.15) is 6.29 Å². The van der Waals surface area contributed by atoms with Crippen LogP contribution in [0.5, 0.6) is 0 Å². The van der Waals surface area contributed by atoms with Crippen LogP contribution in [0.1, 0.15) is 46.5 Å². The van der Waals surface area contributed by atoms with E-state index in [0.717, 1.165) is 0 Å². The van der Waals surface area contributed by atoms with Gasteiger partial charge in [-0.2, -0.15) is 25.8 Å². The summed E-state index contributed by atoms with van der Waals surface area (Å²) < 4.78 is 88.8. The number of hydrogen-bond donors (Lipinski definition) is 0. The van der Waals surface area contributed by atoms with Crippen molar-refractivity contribution in [3.05, 3.63) is 0 Å². The first-order valence-electron chi connectivity index (χ1n) is 8.77. The van der Waals surface area contributed by atoms with Crippen molar-refractivity contribution < 1.29 is 35.2 Å². The van der Waals surface area contributed by atoms with Gasteiger partial charge in [0.15, 0.2) is 0 Å². The Balaban J connectivity index is 3.70. The molecule has 0 saturated carbocycles. The largest absolute Gasteiger partial charge is 0.387 e. The van der Waals surface area contributed by atoms with E-state index in [1.54, 1.807) is 20.8 Å². The summed E-state index contributed by atoms with van der Waals surface area (Å²) in [5, 5.41) is 0. The van der Waals surface area contributed by atoms with Gasteiger partial charge in [-0.1, -0.05) is 20.8 Å².